The molecule has 0 aliphatic carbocycles. The second kappa shape index (κ2) is 5.43. The van der Waals surface area contributed by atoms with Crippen molar-refractivity contribution in [2.75, 3.05) is 7.05 Å². The number of phosphoric ester groups is 1. The Morgan fingerprint density at radius 3 is 2.95 bits per heavy atom. The van der Waals surface area contributed by atoms with Gasteiger partial charge in [0.15, 0.2) is 0 Å². The third kappa shape index (κ3) is 3.42. The molecule has 0 spiro atoms. The molecule has 2 atom stereocenters. The lowest BCUT2D eigenvalue weighted by Gasteiger charge is -2.22. The van der Waals surface area contributed by atoms with Gasteiger partial charge in [-0.05, 0) is 38.1 Å². The summed E-state index contributed by atoms with van der Waals surface area (Å²) in [5.41, 5.74) is 1.65. The van der Waals surface area contributed by atoms with Crippen molar-refractivity contribution in [2.45, 2.75) is 26.0 Å². The Morgan fingerprint density at radius 2 is 2.32 bits per heavy atom. The van der Waals surface area contributed by atoms with Gasteiger partial charge in [0.1, 0.15) is 11.5 Å². The van der Waals surface area contributed by atoms with Gasteiger partial charge in [0.05, 0.1) is 12.6 Å². The van der Waals surface area contributed by atoms with Crippen LogP contribution in [0.25, 0.3) is 0 Å². The van der Waals surface area contributed by atoms with Crippen molar-refractivity contribution in [3.05, 3.63) is 29.3 Å². The van der Waals surface area contributed by atoms with Gasteiger partial charge in [0, 0.05) is 5.56 Å². The van der Waals surface area contributed by atoms with Crippen molar-refractivity contribution in [1.29, 1.82) is 0 Å². The highest BCUT2D eigenvalue weighted by Crippen LogP contribution is 2.49. The number of benzene rings is 1. The number of phosphoric acid groups is 1. The molecule has 1 aromatic carbocycles. The Kier molecular flexibility index (Phi) is 4.06. The minimum Gasteiger partial charge on any atom is -0.404 e. The highest BCUT2D eigenvalue weighted by molar-refractivity contribution is 7.47. The molecule has 0 aromatic heterocycles. The quantitative estimate of drug-likeness (QED) is 0.814. The van der Waals surface area contributed by atoms with Crippen molar-refractivity contribution in [3.63, 3.8) is 0 Å². The van der Waals surface area contributed by atoms with E-state index in [1.807, 2.05) is 6.07 Å². The molecular formula is C12H16NO5P. The zero-order chi connectivity index (χ0) is 14.0. The molecule has 0 bridgehead atoms. The van der Waals surface area contributed by atoms with Gasteiger partial charge in [-0.25, -0.2) is 4.57 Å². The molecule has 1 heterocycles. The van der Waals surface area contributed by atoms with E-state index in [0.29, 0.717) is 17.7 Å². The Labute approximate surface area is 111 Å². The van der Waals surface area contributed by atoms with E-state index in [1.165, 1.54) is 6.92 Å². The van der Waals surface area contributed by atoms with Crippen LogP contribution in [0.4, 0.5) is 0 Å². The van der Waals surface area contributed by atoms with E-state index >= 15 is 0 Å². The van der Waals surface area contributed by atoms with E-state index in [0.717, 1.165) is 5.56 Å². The maximum atomic E-state index is 11.4. The smallest absolute Gasteiger partial charge is 0.404 e. The topological polar surface area (TPSA) is 84.9 Å². The summed E-state index contributed by atoms with van der Waals surface area (Å²) in [6.45, 7) is 1.56. The van der Waals surface area contributed by atoms with Crippen LogP contribution in [0.2, 0.25) is 0 Å². The number of carbonyl (C=O) groups excluding carboxylic acids is 1. The first-order chi connectivity index (χ1) is 8.91. The third-order valence-electron chi connectivity index (χ3n) is 3.00. The fourth-order valence-electron chi connectivity index (χ4n) is 1.95. The molecule has 6 nitrogen and oxygen atoms in total. The number of fused-ring (bicyclic) bond motifs is 1. The lowest BCUT2D eigenvalue weighted by Crippen LogP contribution is -2.34. The average molecular weight is 285 g/mol. The van der Waals surface area contributed by atoms with Crippen molar-refractivity contribution in [3.8, 4) is 5.75 Å². The molecule has 1 aliphatic rings. The Hall–Kier alpha value is -1.20. The number of nitrogens with one attached hydrogen (secondary N) is 1. The number of rotatable bonds is 4. The number of hydrogen-bond donors (Lipinski definition) is 2. The van der Waals surface area contributed by atoms with Crippen molar-refractivity contribution >= 4 is 13.6 Å². The van der Waals surface area contributed by atoms with Gasteiger partial charge >= 0.3 is 7.82 Å². The Morgan fingerprint density at radius 1 is 1.58 bits per heavy atom. The maximum Gasteiger partial charge on any atom is 0.527 e. The summed E-state index contributed by atoms with van der Waals surface area (Å²) >= 11 is 0. The molecule has 0 fully saturated rings. The number of ketones is 1. The number of hydrogen-bond acceptors (Lipinski definition) is 5. The van der Waals surface area contributed by atoms with E-state index in [9.17, 15) is 14.3 Å². The second-order valence-electron chi connectivity index (χ2n) is 4.43. The summed E-state index contributed by atoms with van der Waals surface area (Å²) in [5, 5.41) is 2.95. The van der Waals surface area contributed by atoms with Gasteiger partial charge in [-0.2, -0.15) is 0 Å². The highest BCUT2D eigenvalue weighted by atomic mass is 31.2. The first-order valence-corrected chi connectivity index (χ1v) is 7.37. The lowest BCUT2D eigenvalue weighted by atomic mass is 10.0. The zero-order valence-corrected chi connectivity index (χ0v) is 11.6. The molecule has 1 aliphatic heterocycles. The molecule has 7 heteroatoms. The van der Waals surface area contributed by atoms with E-state index in [1.54, 1.807) is 19.2 Å². The number of Topliss-reactive ketones (excluding diaryl/α,β-unsaturated/α-hetero) is 1. The van der Waals surface area contributed by atoms with Crippen LogP contribution < -0.4 is 9.84 Å². The standard InChI is InChI=1S/C12H16NO5P/c1-8(14)11(13-2)6-9-3-4-12-10(5-9)7-17-19(15,16)18-12/h3-5,11,13H,6-7H2,1-2H3,(H,15,16). The predicted octanol–water partition coefficient (Wildman–Crippen LogP) is 1.42. The minimum atomic E-state index is -3.95. The van der Waals surface area contributed by atoms with Crippen LogP contribution >= 0.6 is 7.82 Å². The van der Waals surface area contributed by atoms with E-state index in [2.05, 4.69) is 5.32 Å². The van der Waals surface area contributed by atoms with Gasteiger partial charge in [-0.1, -0.05) is 6.07 Å². The fourth-order valence-corrected chi connectivity index (χ4v) is 2.73. The van der Waals surface area contributed by atoms with E-state index in [-0.39, 0.29) is 18.4 Å². The maximum absolute atomic E-state index is 11.4. The highest BCUT2D eigenvalue weighted by Gasteiger charge is 2.29. The van der Waals surface area contributed by atoms with Gasteiger partial charge in [0.2, 0.25) is 0 Å². The molecule has 0 radical (unpaired) electrons. The van der Waals surface area contributed by atoms with E-state index in [4.69, 9.17) is 9.05 Å². The first kappa shape index (κ1) is 14.2. The summed E-state index contributed by atoms with van der Waals surface area (Å²) in [6.07, 6.45) is 0.551. The molecule has 2 rings (SSSR count). The first-order valence-electron chi connectivity index (χ1n) is 5.88. The Balaban J connectivity index is 2.18. The van der Waals surface area contributed by atoms with Crippen LogP contribution in [-0.2, 0) is 26.9 Å². The fraction of sp³-hybridized carbons (Fsp3) is 0.417. The summed E-state index contributed by atoms with van der Waals surface area (Å²) < 4.78 is 20.8. The second-order valence-corrected chi connectivity index (χ2v) is 5.81. The minimum absolute atomic E-state index is 0.0290. The molecule has 0 saturated heterocycles. The molecule has 104 valence electrons. The molecule has 19 heavy (non-hydrogen) atoms. The van der Waals surface area contributed by atoms with Crippen molar-refractivity contribution < 1.29 is 23.3 Å². The number of carbonyl (C=O) groups is 1. The van der Waals surface area contributed by atoms with E-state index < -0.39 is 7.82 Å². The molecule has 0 amide bonds. The molecule has 1 aromatic rings. The zero-order valence-electron chi connectivity index (χ0n) is 10.8. The summed E-state index contributed by atoms with van der Waals surface area (Å²) in [7, 11) is -2.21. The van der Waals surface area contributed by atoms with Gasteiger partial charge in [-0.3, -0.25) is 14.2 Å². The monoisotopic (exact) mass is 285 g/mol. The third-order valence-corrected chi connectivity index (χ3v) is 3.88. The molecule has 2 N–H and O–H groups in total. The van der Waals surface area contributed by atoms with Crippen LogP contribution in [0.5, 0.6) is 5.75 Å². The van der Waals surface area contributed by atoms with Crippen LogP contribution in [0, 0.1) is 0 Å². The molecule has 0 saturated carbocycles. The summed E-state index contributed by atoms with van der Waals surface area (Å²) in [6, 6.07) is 4.98. The van der Waals surface area contributed by atoms with Crippen LogP contribution in [-0.4, -0.2) is 23.8 Å². The van der Waals surface area contributed by atoms with Crippen LogP contribution in [0.1, 0.15) is 18.1 Å². The van der Waals surface area contributed by atoms with Gasteiger partial charge < -0.3 is 9.84 Å². The summed E-state index contributed by atoms with van der Waals surface area (Å²) in [4.78, 5) is 20.6. The largest absolute Gasteiger partial charge is 0.527 e. The van der Waals surface area contributed by atoms with Gasteiger partial charge in [-0.15, -0.1) is 0 Å². The lowest BCUT2D eigenvalue weighted by molar-refractivity contribution is -0.118. The normalized spacial score (nSPS) is 23.3. The average Bonchev–Trinajstić information content (AvgIpc) is 2.34. The SMILES string of the molecule is CNC(Cc1ccc2c(c1)COP(=O)(O)O2)C(C)=O. The number of likely N-dealkylation sites (N-methyl/N-ethyl adjacent to an activating group) is 1. The molecule has 2 unspecified atom stereocenters. The Bertz CT molecular complexity index is 545. The van der Waals surface area contributed by atoms with Crippen LogP contribution in [0.15, 0.2) is 18.2 Å². The molecular weight excluding hydrogens is 269 g/mol. The predicted molar refractivity (Wildman–Crippen MR) is 68.9 cm³/mol. The van der Waals surface area contributed by atoms with Crippen molar-refractivity contribution in [2.24, 2.45) is 0 Å². The van der Waals surface area contributed by atoms with Crippen LogP contribution in [0.3, 0.4) is 0 Å². The van der Waals surface area contributed by atoms with Crippen molar-refractivity contribution in [1.82, 2.24) is 5.32 Å². The van der Waals surface area contributed by atoms with Gasteiger partial charge in [0.25, 0.3) is 0 Å². The summed E-state index contributed by atoms with van der Waals surface area (Å²) in [5.74, 6) is 0.414.